The van der Waals surface area contributed by atoms with E-state index in [2.05, 4.69) is 9.99 Å². The standard InChI is InChI=1S/C22H28FNO6/c1-26-18-8-4-16(5-9-18)13-29-15-21(25)22(20(23)12-24-28-3)30-14-17-6-10-19(27-2)11-7-17/h4-12,20-22,25H,13-15H2,1-3H3/t20-,21-,22+/m1/s1. The molecule has 8 heteroatoms. The Kier molecular flexibility index (Phi) is 10.1. The highest BCUT2D eigenvalue weighted by atomic mass is 19.1. The van der Waals surface area contributed by atoms with Gasteiger partial charge in [-0.05, 0) is 35.4 Å². The van der Waals surface area contributed by atoms with Crippen LogP contribution in [0, 0.1) is 0 Å². The van der Waals surface area contributed by atoms with E-state index < -0.39 is 18.4 Å². The molecule has 2 aromatic carbocycles. The van der Waals surface area contributed by atoms with Crippen LogP contribution >= 0.6 is 0 Å². The number of aliphatic hydroxyl groups excluding tert-OH is 1. The summed E-state index contributed by atoms with van der Waals surface area (Å²) in [6.45, 7) is 0.251. The third-order valence-corrected chi connectivity index (χ3v) is 4.32. The van der Waals surface area contributed by atoms with Crippen molar-refractivity contribution in [1.29, 1.82) is 0 Å². The van der Waals surface area contributed by atoms with Gasteiger partial charge in [-0.15, -0.1) is 0 Å². The highest BCUT2D eigenvalue weighted by molar-refractivity contribution is 5.63. The summed E-state index contributed by atoms with van der Waals surface area (Å²) in [7, 11) is 4.48. The van der Waals surface area contributed by atoms with Crippen molar-refractivity contribution < 1.29 is 33.3 Å². The Morgan fingerprint density at radius 3 is 1.93 bits per heavy atom. The molecule has 0 fully saturated rings. The summed E-state index contributed by atoms with van der Waals surface area (Å²) < 4.78 is 36.0. The Morgan fingerprint density at radius 2 is 1.43 bits per heavy atom. The van der Waals surface area contributed by atoms with Crippen molar-refractivity contribution in [3.8, 4) is 11.5 Å². The minimum absolute atomic E-state index is 0.103. The molecular weight excluding hydrogens is 393 g/mol. The van der Waals surface area contributed by atoms with Gasteiger partial charge in [0.05, 0.1) is 40.3 Å². The maximum atomic E-state index is 14.6. The Labute approximate surface area is 176 Å². The predicted molar refractivity (Wildman–Crippen MR) is 111 cm³/mol. The lowest BCUT2D eigenvalue weighted by molar-refractivity contribution is -0.0974. The van der Waals surface area contributed by atoms with E-state index in [0.29, 0.717) is 5.75 Å². The van der Waals surface area contributed by atoms with Gasteiger partial charge in [0.2, 0.25) is 0 Å². The van der Waals surface area contributed by atoms with Crippen LogP contribution in [-0.2, 0) is 27.5 Å². The number of ether oxygens (including phenoxy) is 4. The number of halogens is 1. The zero-order chi connectivity index (χ0) is 21.8. The quantitative estimate of drug-likeness (QED) is 0.395. The Bertz CT molecular complexity index is 753. The van der Waals surface area contributed by atoms with E-state index in [1.807, 2.05) is 24.3 Å². The van der Waals surface area contributed by atoms with Gasteiger partial charge in [0.15, 0.2) is 6.17 Å². The van der Waals surface area contributed by atoms with Crippen molar-refractivity contribution in [3.05, 3.63) is 59.7 Å². The molecule has 3 atom stereocenters. The van der Waals surface area contributed by atoms with Crippen molar-refractivity contribution in [2.24, 2.45) is 5.16 Å². The molecule has 0 saturated carbocycles. The molecule has 0 aliphatic carbocycles. The summed E-state index contributed by atoms with van der Waals surface area (Å²) >= 11 is 0. The minimum Gasteiger partial charge on any atom is -0.497 e. The van der Waals surface area contributed by atoms with E-state index in [4.69, 9.17) is 18.9 Å². The summed E-state index contributed by atoms with van der Waals surface area (Å²) in [5.41, 5.74) is 1.71. The normalized spacial score (nSPS) is 14.3. The van der Waals surface area contributed by atoms with E-state index in [1.165, 1.54) is 7.11 Å². The molecule has 0 aromatic heterocycles. The molecule has 1 N–H and O–H groups in total. The number of alkyl halides is 1. The highest BCUT2D eigenvalue weighted by Gasteiger charge is 2.29. The summed E-state index contributed by atoms with van der Waals surface area (Å²) in [6.07, 6.45) is -3.12. The third kappa shape index (κ3) is 7.62. The Morgan fingerprint density at radius 1 is 0.900 bits per heavy atom. The van der Waals surface area contributed by atoms with Gasteiger partial charge in [0, 0.05) is 0 Å². The van der Waals surface area contributed by atoms with Crippen molar-refractivity contribution in [2.75, 3.05) is 27.9 Å². The van der Waals surface area contributed by atoms with Crippen LogP contribution in [0.1, 0.15) is 11.1 Å². The molecule has 0 bridgehead atoms. The average Bonchev–Trinajstić information content (AvgIpc) is 2.78. The fourth-order valence-corrected chi connectivity index (χ4v) is 2.65. The number of rotatable bonds is 13. The van der Waals surface area contributed by atoms with Gasteiger partial charge in [0.25, 0.3) is 0 Å². The van der Waals surface area contributed by atoms with Gasteiger partial charge >= 0.3 is 0 Å². The molecule has 2 aromatic rings. The topological polar surface area (TPSA) is 78.7 Å². The Hall–Kier alpha value is -2.68. The van der Waals surface area contributed by atoms with Crippen LogP contribution in [-0.4, -0.2) is 57.6 Å². The molecule has 0 amide bonds. The Balaban J connectivity index is 1.92. The lowest BCUT2D eigenvalue weighted by atomic mass is 10.1. The first-order chi connectivity index (χ1) is 14.6. The van der Waals surface area contributed by atoms with Gasteiger partial charge < -0.3 is 28.9 Å². The molecule has 30 heavy (non-hydrogen) atoms. The van der Waals surface area contributed by atoms with E-state index in [-0.39, 0.29) is 19.8 Å². The van der Waals surface area contributed by atoms with Crippen LogP contribution in [0.2, 0.25) is 0 Å². The van der Waals surface area contributed by atoms with Gasteiger partial charge in [-0.25, -0.2) is 4.39 Å². The second kappa shape index (κ2) is 12.8. The second-order valence-electron chi connectivity index (χ2n) is 6.44. The highest BCUT2D eigenvalue weighted by Crippen LogP contribution is 2.17. The summed E-state index contributed by atoms with van der Waals surface area (Å²) in [4.78, 5) is 4.53. The van der Waals surface area contributed by atoms with Gasteiger partial charge in [-0.2, -0.15) is 0 Å². The lowest BCUT2D eigenvalue weighted by Crippen LogP contribution is -2.41. The first kappa shape index (κ1) is 23.6. The first-order valence-electron chi connectivity index (χ1n) is 9.41. The van der Waals surface area contributed by atoms with Crippen molar-refractivity contribution in [2.45, 2.75) is 31.6 Å². The van der Waals surface area contributed by atoms with Gasteiger partial charge in [-0.1, -0.05) is 29.4 Å². The van der Waals surface area contributed by atoms with E-state index >= 15 is 0 Å². The fraction of sp³-hybridized carbons (Fsp3) is 0.409. The lowest BCUT2D eigenvalue weighted by Gasteiger charge is -2.24. The van der Waals surface area contributed by atoms with Crippen LogP contribution < -0.4 is 9.47 Å². The molecule has 2 rings (SSSR count). The molecule has 0 aliphatic rings. The molecule has 164 valence electrons. The number of benzene rings is 2. The monoisotopic (exact) mass is 421 g/mol. The second-order valence-corrected chi connectivity index (χ2v) is 6.44. The van der Waals surface area contributed by atoms with Crippen LogP contribution in [0.15, 0.2) is 53.7 Å². The molecule has 7 nitrogen and oxygen atoms in total. The number of hydrogen-bond acceptors (Lipinski definition) is 7. The minimum atomic E-state index is -1.68. The zero-order valence-electron chi connectivity index (χ0n) is 17.4. The molecule has 0 aliphatic heterocycles. The largest absolute Gasteiger partial charge is 0.497 e. The van der Waals surface area contributed by atoms with Crippen molar-refractivity contribution in [1.82, 2.24) is 0 Å². The zero-order valence-corrected chi connectivity index (χ0v) is 17.4. The fourth-order valence-electron chi connectivity index (χ4n) is 2.65. The van der Waals surface area contributed by atoms with Crippen molar-refractivity contribution in [3.63, 3.8) is 0 Å². The van der Waals surface area contributed by atoms with Gasteiger partial charge in [-0.3, -0.25) is 0 Å². The third-order valence-electron chi connectivity index (χ3n) is 4.32. The number of nitrogens with zero attached hydrogens (tertiary/aromatic N) is 1. The van der Waals surface area contributed by atoms with Crippen LogP contribution in [0.4, 0.5) is 4.39 Å². The molecule has 0 saturated heterocycles. The van der Waals surface area contributed by atoms with E-state index in [0.717, 1.165) is 23.1 Å². The van der Waals surface area contributed by atoms with Gasteiger partial charge in [0.1, 0.15) is 30.8 Å². The summed E-state index contributed by atoms with van der Waals surface area (Å²) in [5.74, 6) is 1.45. The smallest absolute Gasteiger partial charge is 0.167 e. The molecule has 0 heterocycles. The van der Waals surface area contributed by atoms with E-state index in [9.17, 15) is 9.50 Å². The average molecular weight is 421 g/mol. The number of methoxy groups -OCH3 is 2. The molecule has 0 spiro atoms. The maximum Gasteiger partial charge on any atom is 0.167 e. The predicted octanol–water partition coefficient (Wildman–Crippen LogP) is 3.14. The van der Waals surface area contributed by atoms with Crippen LogP contribution in [0.5, 0.6) is 11.5 Å². The van der Waals surface area contributed by atoms with E-state index in [1.54, 1.807) is 38.5 Å². The number of hydrogen-bond donors (Lipinski definition) is 1. The van der Waals surface area contributed by atoms with Crippen LogP contribution in [0.3, 0.4) is 0 Å². The maximum absolute atomic E-state index is 14.6. The van der Waals surface area contributed by atoms with Crippen molar-refractivity contribution >= 4 is 6.21 Å². The molecule has 0 radical (unpaired) electrons. The molecule has 0 unspecified atom stereocenters. The number of oxime groups is 1. The molecular formula is C22H28FNO6. The SMILES string of the molecule is CON=C[C@@H](F)[C@H](OCc1ccc(OC)cc1)[C@H](O)COCc1ccc(OC)cc1. The van der Waals surface area contributed by atoms with Crippen LogP contribution in [0.25, 0.3) is 0 Å². The number of aliphatic hydroxyl groups is 1. The first-order valence-corrected chi connectivity index (χ1v) is 9.41. The summed E-state index contributed by atoms with van der Waals surface area (Å²) in [6, 6.07) is 14.5. The summed E-state index contributed by atoms with van der Waals surface area (Å²) in [5, 5.41) is 13.9.